The van der Waals surface area contributed by atoms with Gasteiger partial charge in [0.05, 0.1) is 0 Å². The number of unbranched alkanes of at least 4 members (excludes halogenated alkanes) is 9. The van der Waals surface area contributed by atoms with Crippen molar-refractivity contribution in [3.63, 3.8) is 0 Å². The Kier molecular flexibility index (Phi) is 12.1. The molecule has 2 aromatic rings. The maximum absolute atomic E-state index is 12.7. The Morgan fingerprint density at radius 2 is 1.00 bits per heavy atom. The highest BCUT2D eigenvalue weighted by molar-refractivity contribution is 5.96. The van der Waals surface area contributed by atoms with Gasteiger partial charge in [-0.15, -0.1) is 0 Å². The number of rotatable bonds is 15. The Labute approximate surface area is 187 Å². The third kappa shape index (κ3) is 10.3. The maximum atomic E-state index is 12.7. The second-order valence-corrected chi connectivity index (χ2v) is 7.99. The molecule has 4 nitrogen and oxygen atoms in total. The molecule has 2 rings (SSSR count). The van der Waals surface area contributed by atoms with Gasteiger partial charge in [-0.25, -0.2) is 0 Å². The van der Waals surface area contributed by atoms with Gasteiger partial charge in [0, 0.05) is 0 Å². The van der Waals surface area contributed by atoms with Gasteiger partial charge in [-0.2, -0.15) is 0 Å². The largest absolute Gasteiger partial charge is 0.426 e. The molecule has 31 heavy (non-hydrogen) atoms. The zero-order valence-electron chi connectivity index (χ0n) is 18.8. The fourth-order valence-corrected chi connectivity index (χ4v) is 3.52. The van der Waals surface area contributed by atoms with Gasteiger partial charge in [0.1, 0.15) is 11.5 Å². The SMILES string of the molecule is CCCCCCCCCCCCC(C(=O)Oc1ccccc1)C(=O)Oc1ccccc1. The zero-order chi connectivity index (χ0) is 22.2. The van der Waals surface area contributed by atoms with Gasteiger partial charge in [-0.1, -0.05) is 108 Å². The average Bonchev–Trinajstić information content (AvgIpc) is 2.78. The molecule has 0 aliphatic carbocycles. The first-order valence-electron chi connectivity index (χ1n) is 11.7. The minimum atomic E-state index is -0.922. The third-order valence-electron chi connectivity index (χ3n) is 5.34. The lowest BCUT2D eigenvalue weighted by molar-refractivity contribution is -0.151. The lowest BCUT2D eigenvalue weighted by Gasteiger charge is -2.15. The molecule has 0 aromatic heterocycles. The van der Waals surface area contributed by atoms with E-state index in [2.05, 4.69) is 6.92 Å². The minimum absolute atomic E-state index is 0.438. The molecule has 0 fully saturated rings. The molecular weight excluding hydrogens is 388 g/mol. The summed E-state index contributed by atoms with van der Waals surface area (Å²) in [6.07, 6.45) is 12.4. The van der Waals surface area contributed by atoms with Gasteiger partial charge in [-0.05, 0) is 30.7 Å². The van der Waals surface area contributed by atoms with Crippen molar-refractivity contribution in [1.29, 1.82) is 0 Å². The molecule has 0 unspecified atom stereocenters. The van der Waals surface area contributed by atoms with Crippen LogP contribution in [0.25, 0.3) is 0 Å². The molecule has 0 bridgehead atoms. The van der Waals surface area contributed by atoms with Crippen LogP contribution in [0, 0.1) is 5.92 Å². The summed E-state index contributed by atoms with van der Waals surface area (Å²) in [7, 11) is 0. The molecule has 2 aromatic carbocycles. The molecule has 0 saturated carbocycles. The van der Waals surface area contributed by atoms with Gasteiger partial charge in [0.15, 0.2) is 5.92 Å². The number of hydrogen-bond acceptors (Lipinski definition) is 4. The lowest BCUT2D eigenvalue weighted by Crippen LogP contribution is -2.31. The monoisotopic (exact) mass is 424 g/mol. The van der Waals surface area contributed by atoms with Crippen LogP contribution in [0.4, 0.5) is 0 Å². The number of benzene rings is 2. The van der Waals surface area contributed by atoms with E-state index < -0.39 is 17.9 Å². The summed E-state index contributed by atoms with van der Waals surface area (Å²) in [6.45, 7) is 2.23. The number of ether oxygens (including phenoxy) is 2. The first-order valence-corrected chi connectivity index (χ1v) is 11.7. The van der Waals surface area contributed by atoms with E-state index in [4.69, 9.17) is 9.47 Å². The molecule has 4 heteroatoms. The summed E-state index contributed by atoms with van der Waals surface area (Å²) in [4.78, 5) is 25.4. The minimum Gasteiger partial charge on any atom is -0.426 e. The molecule has 0 N–H and O–H groups in total. The van der Waals surface area contributed by atoms with Crippen molar-refractivity contribution in [1.82, 2.24) is 0 Å². The summed E-state index contributed by atoms with van der Waals surface area (Å²) in [5, 5.41) is 0. The van der Waals surface area contributed by atoms with Gasteiger partial charge in [-0.3, -0.25) is 9.59 Å². The Morgan fingerprint density at radius 1 is 0.613 bits per heavy atom. The highest BCUT2D eigenvalue weighted by Crippen LogP contribution is 2.20. The molecule has 0 radical (unpaired) electrons. The lowest BCUT2D eigenvalue weighted by atomic mass is 9.99. The standard InChI is InChI=1S/C27H36O4/c1-2-3-4-5-6-7-8-9-10-17-22-25(26(28)30-23-18-13-11-14-19-23)27(29)31-24-20-15-12-16-21-24/h11-16,18-21,25H,2-10,17,22H2,1H3. The van der Waals surface area contributed by atoms with E-state index in [9.17, 15) is 9.59 Å². The van der Waals surface area contributed by atoms with Crippen LogP contribution in [0.1, 0.15) is 77.6 Å². The summed E-state index contributed by atoms with van der Waals surface area (Å²) in [5.41, 5.74) is 0. The van der Waals surface area contributed by atoms with Crippen LogP contribution < -0.4 is 9.47 Å². The van der Waals surface area contributed by atoms with Crippen LogP contribution in [0.5, 0.6) is 11.5 Å². The van der Waals surface area contributed by atoms with E-state index in [1.54, 1.807) is 48.5 Å². The summed E-state index contributed by atoms with van der Waals surface area (Å²) < 4.78 is 10.9. The highest BCUT2D eigenvalue weighted by atomic mass is 16.6. The first-order chi connectivity index (χ1) is 15.2. The molecule has 0 atom stereocenters. The Hall–Kier alpha value is -2.62. The Bertz CT molecular complexity index is 689. The second-order valence-electron chi connectivity index (χ2n) is 7.99. The van der Waals surface area contributed by atoms with Crippen molar-refractivity contribution in [3.8, 4) is 11.5 Å². The van der Waals surface area contributed by atoms with E-state index in [1.807, 2.05) is 12.1 Å². The van der Waals surface area contributed by atoms with Crippen LogP contribution in [0.2, 0.25) is 0 Å². The van der Waals surface area contributed by atoms with Crippen molar-refractivity contribution in [3.05, 3.63) is 60.7 Å². The summed E-state index contributed by atoms with van der Waals surface area (Å²) >= 11 is 0. The van der Waals surface area contributed by atoms with Crippen LogP contribution in [-0.4, -0.2) is 11.9 Å². The van der Waals surface area contributed by atoms with Gasteiger partial charge >= 0.3 is 11.9 Å². The average molecular weight is 425 g/mol. The molecule has 0 spiro atoms. The molecule has 0 amide bonds. The smallest absolute Gasteiger partial charge is 0.325 e. The fourth-order valence-electron chi connectivity index (χ4n) is 3.52. The molecule has 0 aliphatic heterocycles. The van der Waals surface area contributed by atoms with Crippen LogP contribution >= 0.6 is 0 Å². The normalized spacial score (nSPS) is 10.8. The van der Waals surface area contributed by atoms with Crippen molar-refractivity contribution < 1.29 is 19.1 Å². The van der Waals surface area contributed by atoms with Gasteiger partial charge < -0.3 is 9.47 Å². The number of para-hydroxylation sites is 2. The van der Waals surface area contributed by atoms with Crippen LogP contribution in [0.3, 0.4) is 0 Å². The van der Waals surface area contributed by atoms with E-state index in [0.717, 1.165) is 19.3 Å². The van der Waals surface area contributed by atoms with Gasteiger partial charge in [0.2, 0.25) is 0 Å². The maximum Gasteiger partial charge on any atom is 0.325 e. The van der Waals surface area contributed by atoms with Crippen LogP contribution in [0.15, 0.2) is 60.7 Å². The number of hydrogen-bond donors (Lipinski definition) is 0. The molecule has 0 saturated heterocycles. The first kappa shape index (κ1) is 24.6. The highest BCUT2D eigenvalue weighted by Gasteiger charge is 2.30. The fraction of sp³-hybridized carbons (Fsp3) is 0.481. The number of carbonyl (C=O) groups is 2. The van der Waals surface area contributed by atoms with E-state index in [0.29, 0.717) is 17.9 Å². The van der Waals surface area contributed by atoms with Crippen molar-refractivity contribution in [2.45, 2.75) is 77.6 Å². The zero-order valence-corrected chi connectivity index (χ0v) is 18.8. The van der Waals surface area contributed by atoms with E-state index >= 15 is 0 Å². The molecule has 168 valence electrons. The second kappa shape index (κ2) is 15.2. The predicted molar refractivity (Wildman–Crippen MR) is 124 cm³/mol. The van der Waals surface area contributed by atoms with Gasteiger partial charge in [0.25, 0.3) is 0 Å². The number of esters is 2. The quantitative estimate of drug-likeness (QED) is 0.132. The van der Waals surface area contributed by atoms with Crippen LogP contribution in [-0.2, 0) is 9.59 Å². The summed E-state index contributed by atoms with van der Waals surface area (Å²) in [5.74, 6) is -1.15. The Balaban J connectivity index is 1.80. The van der Waals surface area contributed by atoms with Crippen molar-refractivity contribution in [2.24, 2.45) is 5.92 Å². The van der Waals surface area contributed by atoms with E-state index in [-0.39, 0.29) is 0 Å². The topological polar surface area (TPSA) is 52.6 Å². The predicted octanol–water partition coefficient (Wildman–Crippen LogP) is 7.12. The van der Waals surface area contributed by atoms with Crippen molar-refractivity contribution >= 4 is 11.9 Å². The van der Waals surface area contributed by atoms with Crippen molar-refractivity contribution in [2.75, 3.05) is 0 Å². The third-order valence-corrected chi connectivity index (χ3v) is 5.34. The molecule has 0 aliphatic rings. The Morgan fingerprint density at radius 3 is 1.42 bits per heavy atom. The number of carbonyl (C=O) groups excluding carboxylic acids is 2. The molecular formula is C27H36O4. The van der Waals surface area contributed by atoms with E-state index in [1.165, 1.54) is 44.9 Å². The summed E-state index contributed by atoms with van der Waals surface area (Å²) in [6, 6.07) is 17.7. The molecule has 0 heterocycles.